The molecule has 0 saturated heterocycles. The van der Waals surface area contributed by atoms with Gasteiger partial charge in [0, 0.05) is 23.5 Å². The van der Waals surface area contributed by atoms with E-state index in [4.69, 9.17) is 5.11 Å². The van der Waals surface area contributed by atoms with E-state index >= 15 is 0 Å². The smallest absolute Gasteiger partial charge is 0.304 e. The van der Waals surface area contributed by atoms with Gasteiger partial charge in [0.15, 0.2) is 0 Å². The second-order valence-electron chi connectivity index (χ2n) is 5.02. The molecule has 108 valence electrons. The Kier molecular flexibility index (Phi) is 3.47. The zero-order chi connectivity index (χ0) is 15.0. The highest BCUT2D eigenvalue weighted by atomic mass is 32.1. The first-order valence-corrected chi connectivity index (χ1v) is 7.49. The molecule has 0 aliphatic carbocycles. The van der Waals surface area contributed by atoms with E-state index in [-0.39, 0.29) is 18.2 Å². The molecule has 1 atom stereocenters. The zero-order valence-electron chi connectivity index (χ0n) is 11.4. The van der Waals surface area contributed by atoms with Crippen molar-refractivity contribution in [2.75, 3.05) is 11.4 Å². The summed E-state index contributed by atoms with van der Waals surface area (Å²) in [5.41, 5.74) is 2.13. The summed E-state index contributed by atoms with van der Waals surface area (Å²) >= 11 is 1.43. The molecule has 0 saturated carbocycles. The fourth-order valence-corrected chi connectivity index (χ4v) is 3.26. The SMILES string of the molecule is Cc1nc(C(=O)N2CC(CC(=O)O)c3ccccc32)cs1. The number of para-hydroxylation sites is 1. The summed E-state index contributed by atoms with van der Waals surface area (Å²) in [6.45, 7) is 2.24. The van der Waals surface area contributed by atoms with Crippen LogP contribution in [0.3, 0.4) is 0 Å². The molecule has 1 aliphatic rings. The summed E-state index contributed by atoms with van der Waals surface area (Å²) in [5.74, 6) is -1.18. The van der Waals surface area contributed by atoms with Gasteiger partial charge in [-0.05, 0) is 18.6 Å². The Morgan fingerprint density at radius 3 is 2.86 bits per heavy atom. The van der Waals surface area contributed by atoms with Crippen molar-refractivity contribution in [2.45, 2.75) is 19.3 Å². The number of amides is 1. The molecule has 5 nitrogen and oxygen atoms in total. The van der Waals surface area contributed by atoms with Gasteiger partial charge in [-0.15, -0.1) is 11.3 Å². The summed E-state index contributed by atoms with van der Waals surface area (Å²) in [6, 6.07) is 7.47. The number of rotatable bonds is 3. The molecule has 2 heterocycles. The zero-order valence-corrected chi connectivity index (χ0v) is 12.3. The van der Waals surface area contributed by atoms with E-state index in [0.717, 1.165) is 16.3 Å². The third kappa shape index (κ3) is 2.54. The monoisotopic (exact) mass is 302 g/mol. The van der Waals surface area contributed by atoms with E-state index in [1.807, 2.05) is 31.2 Å². The number of aliphatic carboxylic acids is 1. The third-order valence-corrected chi connectivity index (χ3v) is 4.35. The minimum atomic E-state index is -0.853. The lowest BCUT2D eigenvalue weighted by Gasteiger charge is -2.16. The van der Waals surface area contributed by atoms with Crippen molar-refractivity contribution in [1.29, 1.82) is 0 Å². The first-order chi connectivity index (χ1) is 10.1. The Labute approximate surface area is 125 Å². The molecule has 0 bridgehead atoms. The highest BCUT2D eigenvalue weighted by molar-refractivity contribution is 7.09. The van der Waals surface area contributed by atoms with Crippen LogP contribution in [-0.4, -0.2) is 28.5 Å². The lowest BCUT2D eigenvalue weighted by atomic mass is 9.98. The number of fused-ring (bicyclic) bond motifs is 1. The number of aromatic nitrogens is 1. The number of hydrogen-bond acceptors (Lipinski definition) is 4. The molecule has 2 aromatic rings. The van der Waals surface area contributed by atoms with Crippen molar-refractivity contribution in [1.82, 2.24) is 4.98 Å². The third-order valence-electron chi connectivity index (χ3n) is 3.57. The molecule has 1 aromatic carbocycles. The minimum absolute atomic E-state index is 0.0247. The van der Waals surface area contributed by atoms with Gasteiger partial charge >= 0.3 is 5.97 Å². The van der Waals surface area contributed by atoms with Gasteiger partial charge in [0.25, 0.3) is 5.91 Å². The lowest BCUT2D eigenvalue weighted by Crippen LogP contribution is -2.30. The van der Waals surface area contributed by atoms with Gasteiger partial charge < -0.3 is 10.0 Å². The van der Waals surface area contributed by atoms with Crippen molar-refractivity contribution in [2.24, 2.45) is 0 Å². The number of nitrogens with zero attached hydrogens (tertiary/aromatic N) is 2. The normalized spacial score (nSPS) is 16.8. The van der Waals surface area contributed by atoms with Gasteiger partial charge in [-0.25, -0.2) is 4.98 Å². The van der Waals surface area contributed by atoms with Crippen LogP contribution < -0.4 is 4.90 Å². The van der Waals surface area contributed by atoms with Gasteiger partial charge in [-0.3, -0.25) is 9.59 Å². The molecule has 0 spiro atoms. The van der Waals surface area contributed by atoms with Crippen molar-refractivity contribution in [3.63, 3.8) is 0 Å². The maximum absolute atomic E-state index is 12.6. The molecule has 1 aromatic heterocycles. The number of aryl methyl sites for hydroxylation is 1. The molecule has 1 aliphatic heterocycles. The van der Waals surface area contributed by atoms with E-state index in [1.165, 1.54) is 11.3 Å². The molecular weight excluding hydrogens is 288 g/mol. The minimum Gasteiger partial charge on any atom is -0.481 e. The molecule has 1 unspecified atom stereocenters. The largest absolute Gasteiger partial charge is 0.481 e. The number of carboxylic acids is 1. The number of carbonyl (C=O) groups excluding carboxylic acids is 1. The summed E-state index contributed by atoms with van der Waals surface area (Å²) < 4.78 is 0. The van der Waals surface area contributed by atoms with E-state index in [1.54, 1.807) is 10.3 Å². The van der Waals surface area contributed by atoms with Crippen molar-refractivity contribution >= 4 is 28.9 Å². The summed E-state index contributed by atoms with van der Waals surface area (Å²) in [4.78, 5) is 29.4. The van der Waals surface area contributed by atoms with Gasteiger partial charge in [0.1, 0.15) is 5.69 Å². The number of carboxylic acid groups (broad SMARTS) is 1. The predicted molar refractivity (Wildman–Crippen MR) is 80.0 cm³/mol. The number of anilines is 1. The number of thiazole rings is 1. The Balaban J connectivity index is 1.94. The Bertz CT molecular complexity index is 710. The number of benzene rings is 1. The molecular formula is C15H14N2O3S. The molecule has 21 heavy (non-hydrogen) atoms. The van der Waals surface area contributed by atoms with E-state index in [2.05, 4.69) is 4.98 Å². The number of hydrogen-bond donors (Lipinski definition) is 1. The summed E-state index contributed by atoms with van der Waals surface area (Å²) in [7, 11) is 0. The fraction of sp³-hybridized carbons (Fsp3) is 0.267. The predicted octanol–water partition coefficient (Wildman–Crippen LogP) is 2.67. The number of carbonyl (C=O) groups is 2. The topological polar surface area (TPSA) is 70.5 Å². The van der Waals surface area contributed by atoms with Crippen molar-refractivity contribution < 1.29 is 14.7 Å². The van der Waals surface area contributed by atoms with Crippen LogP contribution in [0.4, 0.5) is 5.69 Å². The fourth-order valence-electron chi connectivity index (χ4n) is 2.67. The maximum atomic E-state index is 12.6. The van der Waals surface area contributed by atoms with E-state index < -0.39 is 5.97 Å². The first-order valence-electron chi connectivity index (χ1n) is 6.61. The van der Waals surface area contributed by atoms with Crippen LogP contribution >= 0.6 is 11.3 Å². The van der Waals surface area contributed by atoms with Crippen molar-refractivity contribution in [3.05, 3.63) is 45.9 Å². The van der Waals surface area contributed by atoms with Gasteiger partial charge in [0.2, 0.25) is 0 Å². The molecule has 0 radical (unpaired) electrons. The van der Waals surface area contributed by atoms with Gasteiger partial charge in [0.05, 0.1) is 11.4 Å². The quantitative estimate of drug-likeness (QED) is 0.946. The van der Waals surface area contributed by atoms with Gasteiger partial charge in [-0.1, -0.05) is 18.2 Å². The molecule has 3 rings (SSSR count). The van der Waals surface area contributed by atoms with Crippen LogP contribution in [0.25, 0.3) is 0 Å². The summed E-state index contributed by atoms with van der Waals surface area (Å²) in [6.07, 6.45) is 0.0247. The van der Waals surface area contributed by atoms with E-state index in [9.17, 15) is 9.59 Å². The highest BCUT2D eigenvalue weighted by Gasteiger charge is 2.34. The van der Waals surface area contributed by atoms with Crippen LogP contribution in [0.5, 0.6) is 0 Å². The standard InChI is InChI=1S/C15H14N2O3S/c1-9-16-12(8-21-9)15(20)17-7-10(6-14(18)19)11-4-2-3-5-13(11)17/h2-5,8,10H,6-7H2,1H3,(H,18,19). The van der Waals surface area contributed by atoms with Crippen LogP contribution in [0.15, 0.2) is 29.6 Å². The van der Waals surface area contributed by atoms with Crippen molar-refractivity contribution in [3.8, 4) is 0 Å². The molecule has 6 heteroatoms. The maximum Gasteiger partial charge on any atom is 0.304 e. The highest BCUT2D eigenvalue weighted by Crippen LogP contribution is 2.38. The van der Waals surface area contributed by atoms with Crippen LogP contribution in [0, 0.1) is 6.92 Å². The lowest BCUT2D eigenvalue weighted by molar-refractivity contribution is -0.137. The average molecular weight is 302 g/mol. The molecule has 1 amide bonds. The second-order valence-corrected chi connectivity index (χ2v) is 6.08. The van der Waals surface area contributed by atoms with E-state index in [0.29, 0.717) is 12.2 Å². The second kappa shape index (κ2) is 5.29. The Hall–Kier alpha value is -2.21. The van der Waals surface area contributed by atoms with Crippen LogP contribution in [-0.2, 0) is 4.79 Å². The summed E-state index contributed by atoms with van der Waals surface area (Å²) in [5, 5.41) is 11.6. The molecule has 1 N–H and O–H groups in total. The Morgan fingerprint density at radius 2 is 2.19 bits per heavy atom. The molecule has 0 fully saturated rings. The van der Waals surface area contributed by atoms with Gasteiger partial charge in [-0.2, -0.15) is 0 Å². The van der Waals surface area contributed by atoms with Crippen LogP contribution in [0.1, 0.15) is 33.4 Å². The Morgan fingerprint density at radius 1 is 1.43 bits per heavy atom. The van der Waals surface area contributed by atoms with Crippen LogP contribution in [0.2, 0.25) is 0 Å². The first kappa shape index (κ1) is 13.8. The average Bonchev–Trinajstić information content (AvgIpc) is 3.03.